The summed E-state index contributed by atoms with van der Waals surface area (Å²) in [6.45, 7) is 5.23. The van der Waals surface area contributed by atoms with Gasteiger partial charge in [-0.25, -0.2) is 9.97 Å². The van der Waals surface area contributed by atoms with Gasteiger partial charge >= 0.3 is 0 Å². The summed E-state index contributed by atoms with van der Waals surface area (Å²) in [5.74, 6) is 0.954. The molecule has 0 fully saturated rings. The number of halogens is 1. The summed E-state index contributed by atoms with van der Waals surface area (Å²) in [7, 11) is 0. The molecule has 0 atom stereocenters. The molecule has 0 saturated carbocycles. The maximum absolute atomic E-state index is 4.33. The zero-order valence-corrected chi connectivity index (χ0v) is 12.2. The van der Waals surface area contributed by atoms with Gasteiger partial charge in [0.2, 0.25) is 0 Å². The summed E-state index contributed by atoms with van der Waals surface area (Å²) in [4.78, 5) is 12.0. The largest absolute Gasteiger partial charge is 0.349 e. The molecule has 0 unspecified atom stereocenters. The average molecular weight is 312 g/mol. The van der Waals surface area contributed by atoms with Gasteiger partial charge in [-0.3, -0.25) is 0 Å². The number of aromatic nitrogens is 2. The molecule has 3 nitrogen and oxygen atoms in total. The van der Waals surface area contributed by atoms with Crippen LogP contribution in [0.1, 0.15) is 18.7 Å². The second kappa shape index (κ2) is 5.60. The molecule has 5 heteroatoms. The van der Waals surface area contributed by atoms with E-state index in [0.717, 1.165) is 17.0 Å². The van der Waals surface area contributed by atoms with E-state index in [1.165, 1.54) is 4.88 Å². The molecular weight excluding hydrogens is 298 g/mol. The van der Waals surface area contributed by atoms with Gasteiger partial charge in [0.15, 0.2) is 0 Å². The first-order chi connectivity index (χ1) is 8.16. The van der Waals surface area contributed by atoms with Crippen molar-refractivity contribution in [1.29, 1.82) is 0 Å². The van der Waals surface area contributed by atoms with Gasteiger partial charge in [0, 0.05) is 17.0 Å². The molecule has 0 aromatic carbocycles. The van der Waals surface area contributed by atoms with E-state index in [1.807, 2.05) is 6.07 Å². The van der Waals surface area contributed by atoms with E-state index in [1.54, 1.807) is 17.7 Å². The Kier molecular flexibility index (Phi) is 4.12. The van der Waals surface area contributed by atoms with Crippen LogP contribution in [-0.4, -0.2) is 16.0 Å². The third-order valence-electron chi connectivity index (χ3n) is 2.44. The lowest BCUT2D eigenvalue weighted by Gasteiger charge is -2.27. The molecule has 0 spiro atoms. The van der Waals surface area contributed by atoms with Crippen LogP contribution >= 0.6 is 27.3 Å². The Balaban J connectivity index is 2.23. The molecular formula is C12H14BrN3S. The maximum Gasteiger partial charge on any atom is 0.133 e. The highest BCUT2D eigenvalue weighted by Crippen LogP contribution is 2.21. The van der Waals surface area contributed by atoms with E-state index in [4.69, 9.17) is 0 Å². The zero-order chi connectivity index (χ0) is 12.3. The quantitative estimate of drug-likeness (QED) is 0.806. The third-order valence-corrected chi connectivity index (χ3v) is 3.74. The molecule has 0 saturated heterocycles. The first-order valence-corrected chi connectivity index (χ1v) is 7.10. The van der Waals surface area contributed by atoms with Crippen LogP contribution in [0.25, 0.3) is 0 Å². The minimum absolute atomic E-state index is 0.402. The van der Waals surface area contributed by atoms with Crippen molar-refractivity contribution in [3.63, 3.8) is 0 Å². The van der Waals surface area contributed by atoms with Gasteiger partial charge in [-0.05, 0) is 41.2 Å². The summed E-state index contributed by atoms with van der Waals surface area (Å²) in [6, 6.07) is 6.58. The second-order valence-corrected chi connectivity index (χ2v) is 5.84. The minimum atomic E-state index is 0.402. The summed E-state index contributed by atoms with van der Waals surface area (Å²) < 4.78 is 0.819. The maximum atomic E-state index is 4.33. The number of hydrogen-bond acceptors (Lipinski definition) is 4. The number of rotatable bonds is 4. The molecule has 2 heterocycles. The highest BCUT2D eigenvalue weighted by Gasteiger charge is 2.13. The van der Waals surface area contributed by atoms with Gasteiger partial charge < -0.3 is 4.90 Å². The highest BCUT2D eigenvalue weighted by atomic mass is 79.9. The highest BCUT2D eigenvalue weighted by molar-refractivity contribution is 9.10. The molecule has 0 bridgehead atoms. The van der Waals surface area contributed by atoms with Gasteiger partial charge in [0.05, 0.1) is 6.54 Å². The van der Waals surface area contributed by atoms with Crippen molar-refractivity contribution in [3.8, 4) is 0 Å². The molecule has 2 aromatic heterocycles. The molecule has 90 valence electrons. The molecule has 17 heavy (non-hydrogen) atoms. The Morgan fingerprint density at radius 2 is 2.24 bits per heavy atom. The van der Waals surface area contributed by atoms with E-state index in [9.17, 15) is 0 Å². The van der Waals surface area contributed by atoms with Crippen LogP contribution in [0.4, 0.5) is 5.82 Å². The lowest BCUT2D eigenvalue weighted by molar-refractivity contribution is 0.675. The molecule has 2 rings (SSSR count). The Bertz CT molecular complexity index is 470. The predicted octanol–water partition coefficient (Wildman–Crippen LogP) is 3.72. The Hall–Kier alpha value is -0.940. The predicted molar refractivity (Wildman–Crippen MR) is 75.4 cm³/mol. The molecule has 0 radical (unpaired) electrons. The number of anilines is 1. The smallest absolute Gasteiger partial charge is 0.133 e. The van der Waals surface area contributed by atoms with Crippen molar-refractivity contribution in [1.82, 2.24) is 9.97 Å². The van der Waals surface area contributed by atoms with Crippen LogP contribution in [0.5, 0.6) is 0 Å². The van der Waals surface area contributed by atoms with Crippen molar-refractivity contribution in [2.75, 3.05) is 4.90 Å². The van der Waals surface area contributed by atoms with E-state index in [0.29, 0.717) is 6.04 Å². The number of hydrogen-bond donors (Lipinski definition) is 0. The summed E-state index contributed by atoms with van der Waals surface area (Å²) in [6.07, 6.45) is 1.59. The van der Waals surface area contributed by atoms with Gasteiger partial charge in [0.1, 0.15) is 16.7 Å². The van der Waals surface area contributed by atoms with Gasteiger partial charge in [0.25, 0.3) is 0 Å². The zero-order valence-electron chi connectivity index (χ0n) is 9.80. The van der Waals surface area contributed by atoms with E-state index in [2.05, 4.69) is 62.2 Å². The first kappa shape index (κ1) is 12.5. The fourth-order valence-corrected chi connectivity index (χ4v) is 2.58. The Morgan fingerprint density at radius 3 is 2.82 bits per heavy atom. The van der Waals surface area contributed by atoms with Crippen LogP contribution in [0.15, 0.2) is 34.5 Å². The van der Waals surface area contributed by atoms with Crippen molar-refractivity contribution in [2.45, 2.75) is 26.4 Å². The standard InChI is InChI=1S/C12H14BrN3S/c1-9(2)16(7-10-4-3-5-17-10)12-6-11(13)14-8-15-12/h3-6,8-9H,7H2,1-2H3. The monoisotopic (exact) mass is 311 g/mol. The van der Waals surface area contributed by atoms with Gasteiger partial charge in [-0.2, -0.15) is 0 Å². The summed E-state index contributed by atoms with van der Waals surface area (Å²) in [5.41, 5.74) is 0. The number of thiophene rings is 1. The van der Waals surface area contributed by atoms with Crippen LogP contribution in [0, 0.1) is 0 Å². The SMILES string of the molecule is CC(C)N(Cc1cccs1)c1cc(Br)ncn1. The second-order valence-electron chi connectivity index (χ2n) is 4.00. The third kappa shape index (κ3) is 3.26. The molecule has 0 aliphatic rings. The fourth-order valence-electron chi connectivity index (χ4n) is 1.58. The first-order valence-electron chi connectivity index (χ1n) is 5.43. The molecule has 0 aliphatic carbocycles. The molecule has 0 amide bonds. The van der Waals surface area contributed by atoms with E-state index >= 15 is 0 Å². The van der Waals surface area contributed by atoms with Crippen molar-refractivity contribution in [2.24, 2.45) is 0 Å². The Morgan fingerprint density at radius 1 is 1.41 bits per heavy atom. The Labute approximate surface area is 114 Å². The van der Waals surface area contributed by atoms with Crippen LogP contribution < -0.4 is 4.90 Å². The molecule has 0 N–H and O–H groups in total. The lowest BCUT2D eigenvalue weighted by Crippen LogP contribution is -2.30. The van der Waals surface area contributed by atoms with Crippen LogP contribution in [0.2, 0.25) is 0 Å². The van der Waals surface area contributed by atoms with E-state index < -0.39 is 0 Å². The summed E-state index contributed by atoms with van der Waals surface area (Å²) >= 11 is 5.15. The van der Waals surface area contributed by atoms with Crippen molar-refractivity contribution < 1.29 is 0 Å². The molecule has 0 aliphatic heterocycles. The summed E-state index contributed by atoms with van der Waals surface area (Å²) in [5, 5.41) is 2.10. The topological polar surface area (TPSA) is 29.0 Å². The normalized spacial score (nSPS) is 10.8. The van der Waals surface area contributed by atoms with Gasteiger partial charge in [-0.1, -0.05) is 6.07 Å². The molecule has 2 aromatic rings. The van der Waals surface area contributed by atoms with Gasteiger partial charge in [-0.15, -0.1) is 11.3 Å². The number of nitrogens with zero attached hydrogens (tertiary/aromatic N) is 3. The fraction of sp³-hybridized carbons (Fsp3) is 0.333. The average Bonchev–Trinajstić information content (AvgIpc) is 2.78. The van der Waals surface area contributed by atoms with E-state index in [-0.39, 0.29) is 0 Å². The lowest BCUT2D eigenvalue weighted by atomic mass is 10.3. The van der Waals surface area contributed by atoms with Crippen LogP contribution in [0.3, 0.4) is 0 Å². The van der Waals surface area contributed by atoms with Crippen LogP contribution in [-0.2, 0) is 6.54 Å². The van der Waals surface area contributed by atoms with Crippen molar-refractivity contribution in [3.05, 3.63) is 39.4 Å². The minimum Gasteiger partial charge on any atom is -0.349 e. The van der Waals surface area contributed by atoms with Crippen molar-refractivity contribution >= 4 is 33.1 Å².